The highest BCUT2D eigenvalue weighted by molar-refractivity contribution is 5.77. The summed E-state index contributed by atoms with van der Waals surface area (Å²) in [5.41, 5.74) is 6.90. The van der Waals surface area contributed by atoms with Crippen LogP contribution in [0, 0.1) is 17.0 Å². The summed E-state index contributed by atoms with van der Waals surface area (Å²) < 4.78 is 6.69. The summed E-state index contributed by atoms with van der Waals surface area (Å²) in [6.07, 6.45) is 1.38. The number of aryl methyl sites for hydroxylation is 1. The van der Waals surface area contributed by atoms with E-state index >= 15 is 0 Å². The van der Waals surface area contributed by atoms with Crippen LogP contribution in [0.15, 0.2) is 62.8 Å². The minimum atomic E-state index is -0.465. The second-order valence-corrected chi connectivity index (χ2v) is 5.36. The maximum Gasteiger partial charge on any atom is 0.273 e. The first-order valence-electron chi connectivity index (χ1n) is 7.32. The molecule has 25 heavy (non-hydrogen) atoms. The lowest BCUT2D eigenvalue weighted by Gasteiger charge is -2.02. The molecule has 0 aliphatic carbocycles. The fourth-order valence-corrected chi connectivity index (χ4v) is 2.28. The van der Waals surface area contributed by atoms with Crippen LogP contribution in [-0.4, -0.2) is 15.8 Å². The molecular weight excluding hydrogens is 324 g/mol. The fraction of sp³-hybridized carbons (Fsp3) is 0.0588. The Hall–Kier alpha value is -3.68. The van der Waals surface area contributed by atoms with Crippen molar-refractivity contribution in [2.45, 2.75) is 6.92 Å². The van der Waals surface area contributed by atoms with Crippen molar-refractivity contribution in [3.05, 3.63) is 80.3 Å². The number of nitrogens with two attached hydrogens (primary N) is 1. The third-order valence-corrected chi connectivity index (χ3v) is 3.47. The van der Waals surface area contributed by atoms with Crippen molar-refractivity contribution in [1.29, 1.82) is 0 Å². The van der Waals surface area contributed by atoms with E-state index in [0.29, 0.717) is 17.1 Å². The maximum absolute atomic E-state index is 11.9. The number of pyridine rings is 1. The molecule has 8 heteroatoms. The van der Waals surface area contributed by atoms with E-state index in [1.165, 1.54) is 24.4 Å². The van der Waals surface area contributed by atoms with Gasteiger partial charge in [0.2, 0.25) is 0 Å². The quantitative estimate of drug-likeness (QED) is 0.446. The van der Waals surface area contributed by atoms with Crippen LogP contribution in [0.1, 0.15) is 11.3 Å². The zero-order valence-corrected chi connectivity index (χ0v) is 13.2. The summed E-state index contributed by atoms with van der Waals surface area (Å²) in [5.74, 6) is 1.17. The van der Waals surface area contributed by atoms with E-state index in [4.69, 9.17) is 10.2 Å². The Kier molecular flexibility index (Phi) is 4.17. The van der Waals surface area contributed by atoms with Gasteiger partial charge in [-0.25, -0.2) is 0 Å². The number of benzene rings is 1. The van der Waals surface area contributed by atoms with Gasteiger partial charge >= 0.3 is 0 Å². The zero-order chi connectivity index (χ0) is 18.0. The number of furan rings is 1. The lowest BCUT2D eigenvalue weighted by atomic mass is 10.1. The number of hydrogen-bond acceptors (Lipinski definition) is 6. The number of rotatable bonds is 4. The van der Waals surface area contributed by atoms with Crippen LogP contribution in [0.2, 0.25) is 0 Å². The van der Waals surface area contributed by atoms with Gasteiger partial charge in [-0.2, -0.15) is 9.78 Å². The largest absolute Gasteiger partial charge is 0.455 e. The SMILES string of the molecule is Cc1cc(N)n(/N=C\c2ccc(-c3ccc([N+](=O)[O-])cc3)o2)c(=O)c1. The minimum Gasteiger partial charge on any atom is -0.455 e. The van der Waals surface area contributed by atoms with Crippen molar-refractivity contribution in [3.63, 3.8) is 0 Å². The first kappa shape index (κ1) is 16.2. The molecule has 0 spiro atoms. The lowest BCUT2D eigenvalue weighted by molar-refractivity contribution is -0.384. The number of hydrogen-bond donors (Lipinski definition) is 1. The number of nitrogens with zero attached hydrogens (tertiary/aromatic N) is 3. The molecule has 3 aromatic rings. The highest BCUT2D eigenvalue weighted by Crippen LogP contribution is 2.24. The van der Waals surface area contributed by atoms with Crippen LogP contribution in [0.25, 0.3) is 11.3 Å². The van der Waals surface area contributed by atoms with Crippen molar-refractivity contribution >= 4 is 17.7 Å². The van der Waals surface area contributed by atoms with Crippen molar-refractivity contribution in [1.82, 2.24) is 4.68 Å². The Labute approximate surface area is 142 Å². The number of non-ortho nitro benzene ring substituents is 1. The number of nitrogen functional groups attached to an aromatic ring is 1. The van der Waals surface area contributed by atoms with Gasteiger partial charge in [0, 0.05) is 23.8 Å². The molecule has 0 saturated heterocycles. The van der Waals surface area contributed by atoms with Crippen LogP contribution >= 0.6 is 0 Å². The average molecular weight is 338 g/mol. The molecule has 0 bridgehead atoms. The molecule has 0 aliphatic heterocycles. The summed E-state index contributed by atoms with van der Waals surface area (Å²) >= 11 is 0. The molecule has 0 fully saturated rings. The molecular formula is C17H14N4O4. The normalized spacial score (nSPS) is 11.1. The van der Waals surface area contributed by atoms with Crippen LogP contribution in [-0.2, 0) is 0 Å². The molecule has 126 valence electrons. The van der Waals surface area contributed by atoms with Gasteiger partial charge in [0.05, 0.1) is 11.1 Å². The molecule has 0 atom stereocenters. The molecule has 0 radical (unpaired) electrons. The number of anilines is 1. The van der Waals surface area contributed by atoms with Gasteiger partial charge in [-0.15, -0.1) is 0 Å². The number of nitro groups is 1. The van der Waals surface area contributed by atoms with E-state index < -0.39 is 4.92 Å². The fourth-order valence-electron chi connectivity index (χ4n) is 2.28. The average Bonchev–Trinajstić information content (AvgIpc) is 3.03. The third-order valence-electron chi connectivity index (χ3n) is 3.47. The van der Waals surface area contributed by atoms with Gasteiger partial charge in [0.25, 0.3) is 11.2 Å². The Morgan fingerprint density at radius 1 is 1.20 bits per heavy atom. The maximum atomic E-state index is 11.9. The van der Waals surface area contributed by atoms with E-state index in [1.54, 1.807) is 37.3 Å². The van der Waals surface area contributed by atoms with Crippen LogP contribution < -0.4 is 11.3 Å². The van der Waals surface area contributed by atoms with Gasteiger partial charge in [0.1, 0.15) is 17.3 Å². The van der Waals surface area contributed by atoms with Gasteiger partial charge in [-0.1, -0.05) is 0 Å². The van der Waals surface area contributed by atoms with Gasteiger partial charge in [-0.05, 0) is 42.8 Å². The Balaban J connectivity index is 1.85. The molecule has 1 aromatic carbocycles. The van der Waals surface area contributed by atoms with E-state index in [9.17, 15) is 14.9 Å². The Bertz CT molecular complexity index is 1020. The standard InChI is InChI=1S/C17H14N4O4/c1-11-8-16(18)20(17(22)9-11)19-10-14-6-7-15(25-14)12-2-4-13(5-3-12)21(23)24/h2-10H,18H2,1H3/b19-10-. The van der Waals surface area contributed by atoms with E-state index in [2.05, 4.69) is 5.10 Å². The molecule has 0 amide bonds. The molecule has 2 aromatic heterocycles. The molecule has 0 aliphatic rings. The monoisotopic (exact) mass is 338 g/mol. The van der Waals surface area contributed by atoms with Crippen LogP contribution in [0.3, 0.4) is 0 Å². The first-order chi connectivity index (χ1) is 11.9. The predicted molar refractivity (Wildman–Crippen MR) is 93.6 cm³/mol. The van der Waals surface area contributed by atoms with Crippen LogP contribution in [0.5, 0.6) is 0 Å². The summed E-state index contributed by atoms with van der Waals surface area (Å²) in [6.45, 7) is 1.77. The van der Waals surface area contributed by atoms with Gasteiger partial charge in [-0.3, -0.25) is 14.9 Å². The zero-order valence-electron chi connectivity index (χ0n) is 13.2. The van der Waals surface area contributed by atoms with E-state index in [-0.39, 0.29) is 17.1 Å². The summed E-state index contributed by atoms with van der Waals surface area (Å²) in [7, 11) is 0. The van der Waals surface area contributed by atoms with E-state index in [0.717, 1.165) is 10.2 Å². The van der Waals surface area contributed by atoms with E-state index in [1.807, 2.05) is 0 Å². The minimum absolute atomic E-state index is 0.00585. The van der Waals surface area contributed by atoms with Crippen molar-refractivity contribution in [2.24, 2.45) is 5.10 Å². The van der Waals surface area contributed by atoms with Crippen molar-refractivity contribution in [3.8, 4) is 11.3 Å². The Morgan fingerprint density at radius 3 is 2.56 bits per heavy atom. The topological polar surface area (TPSA) is 117 Å². The molecule has 3 rings (SSSR count). The summed E-state index contributed by atoms with van der Waals surface area (Å²) in [6, 6.07) is 12.5. The van der Waals surface area contributed by atoms with Gasteiger partial charge < -0.3 is 10.2 Å². The molecule has 2 N–H and O–H groups in total. The third kappa shape index (κ3) is 3.47. The van der Waals surface area contributed by atoms with Gasteiger partial charge in [0.15, 0.2) is 0 Å². The highest BCUT2D eigenvalue weighted by Gasteiger charge is 2.08. The highest BCUT2D eigenvalue weighted by atomic mass is 16.6. The number of nitro benzene ring substituents is 1. The molecule has 0 saturated carbocycles. The summed E-state index contributed by atoms with van der Waals surface area (Å²) in [4.78, 5) is 22.1. The summed E-state index contributed by atoms with van der Waals surface area (Å²) in [5, 5.41) is 14.7. The second-order valence-electron chi connectivity index (χ2n) is 5.36. The van der Waals surface area contributed by atoms with Crippen LogP contribution in [0.4, 0.5) is 11.5 Å². The molecule has 8 nitrogen and oxygen atoms in total. The molecule has 2 heterocycles. The second kappa shape index (κ2) is 6.44. The number of aromatic nitrogens is 1. The Morgan fingerprint density at radius 2 is 1.92 bits per heavy atom. The lowest BCUT2D eigenvalue weighted by Crippen LogP contribution is -2.19. The first-order valence-corrected chi connectivity index (χ1v) is 7.32. The van der Waals surface area contributed by atoms with Crippen molar-refractivity contribution in [2.75, 3.05) is 5.73 Å². The molecule has 0 unspecified atom stereocenters. The van der Waals surface area contributed by atoms with Crippen molar-refractivity contribution < 1.29 is 9.34 Å². The smallest absolute Gasteiger partial charge is 0.273 e. The predicted octanol–water partition coefficient (Wildman–Crippen LogP) is 2.79.